The summed E-state index contributed by atoms with van der Waals surface area (Å²) in [5, 5.41) is 0. The Morgan fingerprint density at radius 3 is 2.25 bits per heavy atom. The van der Waals surface area contributed by atoms with Gasteiger partial charge in [0.15, 0.2) is 0 Å². The number of hydrogen-bond acceptors (Lipinski definition) is 1. The molecule has 0 aliphatic rings. The van der Waals surface area contributed by atoms with E-state index < -0.39 is 0 Å². The fourth-order valence-electron chi connectivity index (χ4n) is 2.62. The molecule has 2 heteroatoms. The number of carbonyl (C=O) groups is 1. The van der Waals surface area contributed by atoms with Gasteiger partial charge in [-0.2, -0.15) is 0 Å². The van der Waals surface area contributed by atoms with Gasteiger partial charge in [-0.15, -0.1) is 0 Å². The van der Waals surface area contributed by atoms with Gasteiger partial charge in [0.2, 0.25) is 0 Å². The van der Waals surface area contributed by atoms with Gasteiger partial charge in [-0.3, -0.25) is 4.79 Å². The molecule has 20 heavy (non-hydrogen) atoms. The molecule has 2 aromatic rings. The van der Waals surface area contributed by atoms with Crippen LogP contribution in [0.3, 0.4) is 0 Å². The molecule has 2 aromatic carbocycles. The molecular formula is C18H19FO. The van der Waals surface area contributed by atoms with Crippen LogP contribution in [-0.4, -0.2) is 5.78 Å². The number of hydrogen-bond donors (Lipinski definition) is 0. The zero-order valence-electron chi connectivity index (χ0n) is 12.2. The Labute approximate surface area is 119 Å². The van der Waals surface area contributed by atoms with E-state index in [0.717, 1.165) is 22.3 Å². The van der Waals surface area contributed by atoms with Gasteiger partial charge in [0, 0.05) is 12.8 Å². The predicted molar refractivity (Wildman–Crippen MR) is 79.5 cm³/mol. The average Bonchev–Trinajstić information content (AvgIpc) is 2.33. The minimum Gasteiger partial charge on any atom is -0.299 e. The highest BCUT2D eigenvalue weighted by atomic mass is 19.1. The summed E-state index contributed by atoms with van der Waals surface area (Å²) in [6.45, 7) is 6.12. The first-order valence-electron chi connectivity index (χ1n) is 6.78. The van der Waals surface area contributed by atoms with E-state index in [-0.39, 0.29) is 18.0 Å². The third-order valence-electron chi connectivity index (χ3n) is 3.50. The third kappa shape index (κ3) is 3.53. The highest BCUT2D eigenvalue weighted by Gasteiger charge is 2.10. The molecule has 0 heterocycles. The van der Waals surface area contributed by atoms with E-state index in [1.807, 2.05) is 13.8 Å². The molecule has 0 atom stereocenters. The molecular weight excluding hydrogens is 251 g/mol. The molecule has 0 spiro atoms. The van der Waals surface area contributed by atoms with Crippen molar-refractivity contribution in [1.29, 1.82) is 0 Å². The van der Waals surface area contributed by atoms with Crippen molar-refractivity contribution in [2.45, 2.75) is 33.6 Å². The van der Waals surface area contributed by atoms with E-state index in [2.05, 4.69) is 19.1 Å². The van der Waals surface area contributed by atoms with E-state index >= 15 is 0 Å². The number of halogens is 1. The fraction of sp³-hybridized carbons (Fsp3) is 0.278. The predicted octanol–water partition coefficient (Wildman–Crippen LogP) is 4.11. The standard InChI is InChI=1S/C18H19FO/c1-12-7-13(2)18(14(3)8-12)11-17(20)10-15-5-4-6-16(19)9-15/h4-9H,10-11H2,1-3H3. The quantitative estimate of drug-likeness (QED) is 0.817. The van der Waals surface area contributed by atoms with Crippen molar-refractivity contribution in [2.24, 2.45) is 0 Å². The lowest BCUT2D eigenvalue weighted by Crippen LogP contribution is -2.09. The fourth-order valence-corrected chi connectivity index (χ4v) is 2.62. The second-order valence-electron chi connectivity index (χ2n) is 5.40. The van der Waals surface area contributed by atoms with Crippen LogP contribution in [-0.2, 0) is 17.6 Å². The number of benzene rings is 2. The van der Waals surface area contributed by atoms with Crippen molar-refractivity contribution in [2.75, 3.05) is 0 Å². The molecule has 0 aliphatic carbocycles. The molecule has 0 saturated carbocycles. The Kier molecular flexibility index (Phi) is 4.33. The summed E-state index contributed by atoms with van der Waals surface area (Å²) in [6.07, 6.45) is 0.693. The second kappa shape index (κ2) is 6.00. The SMILES string of the molecule is Cc1cc(C)c(CC(=O)Cc2cccc(F)c2)c(C)c1. The maximum Gasteiger partial charge on any atom is 0.141 e. The lowest BCUT2D eigenvalue weighted by molar-refractivity contribution is -0.117. The summed E-state index contributed by atoms with van der Waals surface area (Å²) in [5.41, 5.74) is 5.33. The molecule has 0 fully saturated rings. The van der Waals surface area contributed by atoms with Crippen molar-refractivity contribution in [3.8, 4) is 0 Å². The van der Waals surface area contributed by atoms with Crippen molar-refractivity contribution in [3.05, 3.63) is 70.0 Å². The Hall–Kier alpha value is -1.96. The van der Waals surface area contributed by atoms with Crippen molar-refractivity contribution in [3.63, 3.8) is 0 Å². The summed E-state index contributed by atoms with van der Waals surface area (Å²) in [6, 6.07) is 10.4. The second-order valence-corrected chi connectivity index (χ2v) is 5.40. The largest absolute Gasteiger partial charge is 0.299 e. The lowest BCUT2D eigenvalue weighted by atomic mass is 9.94. The Balaban J connectivity index is 2.13. The number of carbonyl (C=O) groups excluding carboxylic acids is 1. The van der Waals surface area contributed by atoms with Crippen LogP contribution in [0.2, 0.25) is 0 Å². The van der Waals surface area contributed by atoms with E-state index in [9.17, 15) is 9.18 Å². The molecule has 104 valence electrons. The third-order valence-corrected chi connectivity index (χ3v) is 3.50. The summed E-state index contributed by atoms with van der Waals surface area (Å²) < 4.78 is 13.1. The van der Waals surface area contributed by atoms with E-state index in [1.165, 1.54) is 17.7 Å². The highest BCUT2D eigenvalue weighted by Crippen LogP contribution is 2.18. The van der Waals surface area contributed by atoms with Crippen LogP contribution >= 0.6 is 0 Å². The Morgan fingerprint density at radius 2 is 1.65 bits per heavy atom. The van der Waals surface area contributed by atoms with Crippen molar-refractivity contribution < 1.29 is 9.18 Å². The molecule has 1 nitrogen and oxygen atoms in total. The molecule has 0 aliphatic heterocycles. The number of ketones is 1. The van der Waals surface area contributed by atoms with Crippen LogP contribution < -0.4 is 0 Å². The molecule has 0 saturated heterocycles. The average molecular weight is 270 g/mol. The minimum absolute atomic E-state index is 0.116. The van der Waals surface area contributed by atoms with Crippen molar-refractivity contribution >= 4 is 5.78 Å². The molecule has 0 N–H and O–H groups in total. The monoisotopic (exact) mass is 270 g/mol. The normalized spacial score (nSPS) is 10.6. The van der Waals surface area contributed by atoms with Gasteiger partial charge in [-0.05, 0) is 55.2 Å². The minimum atomic E-state index is -0.294. The van der Waals surface area contributed by atoms with Gasteiger partial charge in [0.1, 0.15) is 11.6 Å². The first kappa shape index (κ1) is 14.4. The van der Waals surface area contributed by atoms with Gasteiger partial charge >= 0.3 is 0 Å². The number of Topliss-reactive ketones (excluding diaryl/α,β-unsaturated/α-hetero) is 1. The Morgan fingerprint density at radius 1 is 1.00 bits per heavy atom. The number of rotatable bonds is 4. The van der Waals surface area contributed by atoms with Crippen LogP contribution in [0, 0.1) is 26.6 Å². The maximum atomic E-state index is 13.1. The molecule has 0 bridgehead atoms. The molecule has 2 rings (SSSR count). The van der Waals surface area contributed by atoms with Crippen LogP contribution in [0.4, 0.5) is 4.39 Å². The van der Waals surface area contributed by atoms with E-state index in [0.29, 0.717) is 6.42 Å². The van der Waals surface area contributed by atoms with Gasteiger partial charge in [0.25, 0.3) is 0 Å². The van der Waals surface area contributed by atoms with Gasteiger partial charge in [0.05, 0.1) is 0 Å². The highest BCUT2D eigenvalue weighted by molar-refractivity contribution is 5.83. The van der Waals surface area contributed by atoms with Gasteiger partial charge in [-0.1, -0.05) is 29.8 Å². The van der Waals surface area contributed by atoms with Crippen LogP contribution in [0.1, 0.15) is 27.8 Å². The van der Waals surface area contributed by atoms with Gasteiger partial charge < -0.3 is 0 Å². The van der Waals surface area contributed by atoms with E-state index in [1.54, 1.807) is 12.1 Å². The molecule has 0 unspecified atom stereocenters. The zero-order chi connectivity index (χ0) is 14.7. The first-order chi connectivity index (χ1) is 9.45. The smallest absolute Gasteiger partial charge is 0.141 e. The summed E-state index contributed by atoms with van der Waals surface area (Å²) in [5.74, 6) is -0.177. The summed E-state index contributed by atoms with van der Waals surface area (Å²) >= 11 is 0. The molecule has 0 amide bonds. The number of aryl methyl sites for hydroxylation is 3. The van der Waals surface area contributed by atoms with Crippen LogP contribution in [0.5, 0.6) is 0 Å². The summed E-state index contributed by atoms with van der Waals surface area (Å²) in [4.78, 5) is 12.2. The van der Waals surface area contributed by atoms with Gasteiger partial charge in [-0.25, -0.2) is 4.39 Å². The lowest BCUT2D eigenvalue weighted by Gasteiger charge is -2.11. The maximum absolute atomic E-state index is 13.1. The van der Waals surface area contributed by atoms with E-state index in [4.69, 9.17) is 0 Å². The molecule has 0 aromatic heterocycles. The van der Waals surface area contributed by atoms with Crippen molar-refractivity contribution in [1.82, 2.24) is 0 Å². The topological polar surface area (TPSA) is 17.1 Å². The molecule has 0 radical (unpaired) electrons. The zero-order valence-corrected chi connectivity index (χ0v) is 12.2. The first-order valence-corrected chi connectivity index (χ1v) is 6.78. The van der Waals surface area contributed by atoms with Crippen LogP contribution in [0.15, 0.2) is 36.4 Å². The Bertz CT molecular complexity index is 621. The summed E-state index contributed by atoms with van der Waals surface area (Å²) in [7, 11) is 0. The van der Waals surface area contributed by atoms with Crippen LogP contribution in [0.25, 0.3) is 0 Å².